The summed E-state index contributed by atoms with van der Waals surface area (Å²) >= 11 is 3.35. The summed E-state index contributed by atoms with van der Waals surface area (Å²) in [4.78, 5) is 19.7. The van der Waals surface area contributed by atoms with Crippen molar-refractivity contribution >= 4 is 32.9 Å². The van der Waals surface area contributed by atoms with Crippen LogP contribution in [0.1, 0.15) is 10.4 Å². The number of halogens is 1. The number of rotatable bonds is 3. The van der Waals surface area contributed by atoms with Crippen molar-refractivity contribution < 1.29 is 9.53 Å². The van der Waals surface area contributed by atoms with Crippen molar-refractivity contribution in [3.05, 3.63) is 58.8 Å². The Morgan fingerprint density at radius 1 is 1.19 bits per heavy atom. The van der Waals surface area contributed by atoms with Crippen LogP contribution in [0.2, 0.25) is 0 Å². The van der Waals surface area contributed by atoms with E-state index in [1.165, 1.54) is 0 Å². The molecule has 0 aliphatic rings. The minimum absolute atomic E-state index is 0.390. The molecule has 0 spiro atoms. The average molecular weight is 344 g/mol. The molecule has 2 N–H and O–H groups in total. The maximum absolute atomic E-state index is 11.2. The number of carbonyl (C=O) groups excluding carboxylic acids is 1. The van der Waals surface area contributed by atoms with Crippen molar-refractivity contribution in [3.63, 3.8) is 0 Å². The molecule has 2 heterocycles. The zero-order valence-corrected chi connectivity index (χ0v) is 12.4. The van der Waals surface area contributed by atoms with E-state index in [1.807, 2.05) is 6.07 Å². The highest BCUT2D eigenvalue weighted by molar-refractivity contribution is 9.10. The molecular weight excluding hydrogens is 334 g/mol. The Bertz CT molecular complexity index is 836. The number of amides is 1. The Morgan fingerprint density at radius 3 is 2.86 bits per heavy atom. The largest absolute Gasteiger partial charge is 0.455 e. The maximum Gasteiger partial charge on any atom is 0.248 e. The van der Waals surface area contributed by atoms with E-state index in [1.54, 1.807) is 42.7 Å². The number of hydrogen-bond donors (Lipinski definition) is 1. The van der Waals surface area contributed by atoms with Gasteiger partial charge in [0.25, 0.3) is 0 Å². The normalized spacial score (nSPS) is 10.5. The Morgan fingerprint density at radius 2 is 2.05 bits per heavy atom. The Balaban J connectivity index is 2.02. The van der Waals surface area contributed by atoms with Gasteiger partial charge in [-0.15, -0.1) is 0 Å². The van der Waals surface area contributed by atoms with E-state index < -0.39 is 5.91 Å². The third-order valence-corrected chi connectivity index (χ3v) is 3.29. The number of hydrogen-bond acceptors (Lipinski definition) is 4. The molecule has 0 aliphatic carbocycles. The van der Waals surface area contributed by atoms with Crippen LogP contribution < -0.4 is 10.5 Å². The average Bonchev–Trinajstić information content (AvgIpc) is 2.47. The second kappa shape index (κ2) is 5.49. The van der Waals surface area contributed by atoms with E-state index in [2.05, 4.69) is 25.9 Å². The van der Waals surface area contributed by atoms with Crippen molar-refractivity contribution in [2.45, 2.75) is 0 Å². The van der Waals surface area contributed by atoms with Crippen LogP contribution in [0.4, 0.5) is 0 Å². The molecule has 21 heavy (non-hydrogen) atoms. The van der Waals surface area contributed by atoms with Gasteiger partial charge in [-0.3, -0.25) is 9.78 Å². The van der Waals surface area contributed by atoms with Crippen LogP contribution in [0.25, 0.3) is 11.0 Å². The summed E-state index contributed by atoms with van der Waals surface area (Å²) in [5.74, 6) is 0.583. The number of ether oxygens (including phenoxy) is 1. The third-order valence-electron chi connectivity index (χ3n) is 2.85. The first-order valence-electron chi connectivity index (χ1n) is 6.11. The SMILES string of the molecule is NC(=O)c1cccc(Oc2ccnc3cc(Br)cnc23)c1. The highest BCUT2D eigenvalue weighted by Gasteiger charge is 2.08. The smallest absolute Gasteiger partial charge is 0.248 e. The van der Waals surface area contributed by atoms with Crippen molar-refractivity contribution in [1.82, 2.24) is 9.97 Å². The lowest BCUT2D eigenvalue weighted by Crippen LogP contribution is -2.10. The molecule has 0 saturated carbocycles. The van der Waals surface area contributed by atoms with Crippen LogP contribution in [0.5, 0.6) is 11.5 Å². The standard InChI is InChI=1S/C15H10BrN3O2/c16-10-7-12-14(19-8-10)13(4-5-18-12)21-11-3-1-2-9(6-11)15(17)20/h1-8H,(H2,17,20). The lowest BCUT2D eigenvalue weighted by Gasteiger charge is -2.08. The number of primary amides is 1. The zero-order chi connectivity index (χ0) is 14.8. The molecule has 1 amide bonds. The van der Waals surface area contributed by atoms with E-state index in [4.69, 9.17) is 10.5 Å². The van der Waals surface area contributed by atoms with Crippen LogP contribution >= 0.6 is 15.9 Å². The van der Waals surface area contributed by atoms with Crippen LogP contribution in [-0.4, -0.2) is 15.9 Å². The fourth-order valence-corrected chi connectivity index (χ4v) is 2.22. The van der Waals surface area contributed by atoms with E-state index in [9.17, 15) is 4.79 Å². The van der Waals surface area contributed by atoms with Gasteiger partial charge in [0.15, 0.2) is 5.75 Å². The van der Waals surface area contributed by atoms with Gasteiger partial charge in [-0.1, -0.05) is 6.07 Å². The summed E-state index contributed by atoms with van der Waals surface area (Å²) in [7, 11) is 0. The number of carbonyl (C=O) groups is 1. The molecule has 3 rings (SSSR count). The summed E-state index contributed by atoms with van der Waals surface area (Å²) in [6, 6.07) is 10.3. The monoisotopic (exact) mass is 343 g/mol. The fraction of sp³-hybridized carbons (Fsp3) is 0. The van der Waals surface area contributed by atoms with Gasteiger partial charge < -0.3 is 10.5 Å². The highest BCUT2D eigenvalue weighted by Crippen LogP contribution is 2.28. The van der Waals surface area contributed by atoms with Crippen LogP contribution in [-0.2, 0) is 0 Å². The molecule has 0 fully saturated rings. The van der Waals surface area contributed by atoms with Crippen molar-refractivity contribution in [1.29, 1.82) is 0 Å². The number of aromatic nitrogens is 2. The molecule has 0 unspecified atom stereocenters. The van der Waals surface area contributed by atoms with E-state index in [-0.39, 0.29) is 0 Å². The van der Waals surface area contributed by atoms with Crippen molar-refractivity contribution in [3.8, 4) is 11.5 Å². The second-order valence-corrected chi connectivity index (χ2v) is 5.24. The number of nitrogens with two attached hydrogens (primary N) is 1. The van der Waals surface area contributed by atoms with Crippen molar-refractivity contribution in [2.75, 3.05) is 0 Å². The third kappa shape index (κ3) is 2.85. The van der Waals surface area contributed by atoms with Gasteiger partial charge >= 0.3 is 0 Å². The zero-order valence-electron chi connectivity index (χ0n) is 10.8. The van der Waals surface area contributed by atoms with E-state index in [0.717, 1.165) is 4.47 Å². The molecule has 2 aromatic heterocycles. The minimum atomic E-state index is -0.498. The van der Waals surface area contributed by atoms with Gasteiger partial charge in [0.1, 0.15) is 11.3 Å². The molecule has 0 atom stereocenters. The molecule has 6 heteroatoms. The first kappa shape index (κ1) is 13.5. The quantitative estimate of drug-likeness (QED) is 0.791. The minimum Gasteiger partial charge on any atom is -0.455 e. The van der Waals surface area contributed by atoms with Gasteiger partial charge in [-0.05, 0) is 40.2 Å². The molecule has 0 bridgehead atoms. The maximum atomic E-state index is 11.2. The van der Waals surface area contributed by atoms with Crippen LogP contribution in [0, 0.1) is 0 Å². The Hall–Kier alpha value is -2.47. The summed E-state index contributed by atoms with van der Waals surface area (Å²) < 4.78 is 6.64. The van der Waals surface area contributed by atoms with Crippen LogP contribution in [0.15, 0.2) is 53.3 Å². The summed E-state index contributed by atoms with van der Waals surface area (Å²) in [6.07, 6.45) is 3.32. The summed E-state index contributed by atoms with van der Waals surface area (Å²) in [5.41, 5.74) is 7.01. The van der Waals surface area contributed by atoms with Gasteiger partial charge in [-0.25, -0.2) is 4.98 Å². The highest BCUT2D eigenvalue weighted by atomic mass is 79.9. The van der Waals surface area contributed by atoms with Crippen LogP contribution in [0.3, 0.4) is 0 Å². The van der Waals surface area contributed by atoms with E-state index >= 15 is 0 Å². The number of nitrogens with zero attached hydrogens (tertiary/aromatic N) is 2. The predicted molar refractivity (Wildman–Crippen MR) is 82.3 cm³/mol. The number of fused-ring (bicyclic) bond motifs is 1. The molecule has 104 valence electrons. The topological polar surface area (TPSA) is 78.1 Å². The van der Waals surface area contributed by atoms with E-state index in [0.29, 0.717) is 28.1 Å². The molecule has 0 aliphatic heterocycles. The number of benzene rings is 1. The molecule has 3 aromatic rings. The summed E-state index contributed by atoms with van der Waals surface area (Å²) in [5, 5.41) is 0. The van der Waals surface area contributed by atoms with Gasteiger partial charge in [0.2, 0.25) is 5.91 Å². The van der Waals surface area contributed by atoms with Gasteiger partial charge in [0.05, 0.1) is 5.52 Å². The van der Waals surface area contributed by atoms with Gasteiger partial charge in [-0.2, -0.15) is 0 Å². The summed E-state index contributed by atoms with van der Waals surface area (Å²) in [6.45, 7) is 0. The predicted octanol–water partition coefficient (Wildman–Crippen LogP) is 3.28. The first-order valence-corrected chi connectivity index (χ1v) is 6.91. The Kier molecular flexibility index (Phi) is 3.53. The fourth-order valence-electron chi connectivity index (χ4n) is 1.90. The molecule has 0 saturated heterocycles. The molecular formula is C15H10BrN3O2. The lowest BCUT2D eigenvalue weighted by atomic mass is 10.2. The lowest BCUT2D eigenvalue weighted by molar-refractivity contribution is 0.1000. The molecule has 5 nitrogen and oxygen atoms in total. The molecule has 0 radical (unpaired) electrons. The first-order chi connectivity index (χ1) is 10.1. The Labute approximate surface area is 128 Å². The van der Waals surface area contributed by atoms with Gasteiger partial charge in [0, 0.05) is 28.5 Å². The molecule has 1 aromatic carbocycles. The van der Waals surface area contributed by atoms with Crippen molar-refractivity contribution in [2.24, 2.45) is 5.73 Å². The number of pyridine rings is 2. The second-order valence-electron chi connectivity index (χ2n) is 4.32.